The highest BCUT2D eigenvalue weighted by molar-refractivity contribution is 7.15. The first kappa shape index (κ1) is 21.2. The number of thiazole rings is 1. The van der Waals surface area contributed by atoms with Gasteiger partial charge in [-0.25, -0.2) is 0 Å². The van der Waals surface area contributed by atoms with Crippen molar-refractivity contribution >= 4 is 34.0 Å². The van der Waals surface area contributed by atoms with Crippen LogP contribution in [-0.4, -0.2) is 21.7 Å². The maximum absolute atomic E-state index is 12.9. The van der Waals surface area contributed by atoms with Gasteiger partial charge < -0.3 is 9.47 Å². The third-order valence-electron chi connectivity index (χ3n) is 5.02. The second-order valence-electron chi connectivity index (χ2n) is 7.21. The van der Waals surface area contributed by atoms with Crippen molar-refractivity contribution in [2.45, 2.75) is 6.61 Å². The van der Waals surface area contributed by atoms with Crippen molar-refractivity contribution < 1.29 is 9.47 Å². The van der Waals surface area contributed by atoms with Gasteiger partial charge in [0.1, 0.15) is 6.61 Å². The highest BCUT2D eigenvalue weighted by Gasteiger charge is 2.14. The predicted octanol–water partition coefficient (Wildman–Crippen LogP) is 4.61. The summed E-state index contributed by atoms with van der Waals surface area (Å²) in [6, 6.07) is 22.8. The molecule has 0 unspecified atom stereocenters. The molecule has 0 radical (unpaired) electrons. The first-order valence-corrected chi connectivity index (χ1v) is 11.3. The summed E-state index contributed by atoms with van der Waals surface area (Å²) in [6.45, 7) is 0.437. The maximum Gasteiger partial charge on any atom is 0.291 e. The standard InChI is InChI=1S/C25H18ClN3O3S/c1-31-21-13-17(11-12-20(21)32-15-16-7-3-2-4-8-16)14-22-24(30)29-25(33-22)27-23(28-29)18-9-5-6-10-19(18)26/h2-14H,15H2,1H3/b22-14-. The van der Waals surface area contributed by atoms with Crippen LogP contribution in [0.3, 0.4) is 0 Å². The third-order valence-corrected chi connectivity index (χ3v) is 6.31. The summed E-state index contributed by atoms with van der Waals surface area (Å²) >= 11 is 7.51. The Kier molecular flexibility index (Phi) is 5.81. The molecule has 0 atom stereocenters. The van der Waals surface area contributed by atoms with Crippen LogP contribution < -0.4 is 19.6 Å². The molecule has 0 saturated carbocycles. The monoisotopic (exact) mass is 475 g/mol. The largest absolute Gasteiger partial charge is 0.493 e. The summed E-state index contributed by atoms with van der Waals surface area (Å²) in [5.74, 6) is 1.65. The van der Waals surface area contributed by atoms with Gasteiger partial charge >= 0.3 is 0 Å². The molecular formula is C25H18ClN3O3S. The Morgan fingerprint density at radius 2 is 1.82 bits per heavy atom. The molecule has 8 heteroatoms. The lowest BCUT2D eigenvalue weighted by Crippen LogP contribution is -2.23. The Balaban J connectivity index is 1.44. The predicted molar refractivity (Wildman–Crippen MR) is 130 cm³/mol. The lowest BCUT2D eigenvalue weighted by molar-refractivity contribution is 0.284. The van der Waals surface area contributed by atoms with Crippen LogP contribution in [0.1, 0.15) is 11.1 Å². The molecule has 33 heavy (non-hydrogen) atoms. The molecule has 2 heterocycles. The SMILES string of the molecule is COc1cc(/C=c2\sc3nc(-c4ccccc4Cl)nn3c2=O)ccc1OCc1ccccc1. The maximum atomic E-state index is 12.9. The van der Waals surface area contributed by atoms with Crippen LogP contribution in [-0.2, 0) is 6.61 Å². The minimum Gasteiger partial charge on any atom is -0.493 e. The molecule has 0 N–H and O–H groups in total. The van der Waals surface area contributed by atoms with Crippen molar-refractivity contribution in [3.8, 4) is 22.9 Å². The number of ether oxygens (including phenoxy) is 2. The van der Waals surface area contributed by atoms with E-state index < -0.39 is 0 Å². The molecule has 5 aromatic rings. The molecule has 5 rings (SSSR count). The van der Waals surface area contributed by atoms with Crippen LogP contribution in [0, 0.1) is 0 Å². The fraction of sp³-hybridized carbons (Fsp3) is 0.0800. The molecule has 0 aliphatic rings. The van der Waals surface area contributed by atoms with Crippen LogP contribution >= 0.6 is 22.9 Å². The number of hydrogen-bond donors (Lipinski definition) is 0. The number of halogens is 1. The lowest BCUT2D eigenvalue weighted by Gasteiger charge is -2.11. The van der Waals surface area contributed by atoms with Crippen LogP contribution in [0.25, 0.3) is 22.4 Å². The van der Waals surface area contributed by atoms with Crippen LogP contribution in [0.15, 0.2) is 77.6 Å². The van der Waals surface area contributed by atoms with E-state index in [2.05, 4.69) is 10.1 Å². The van der Waals surface area contributed by atoms with Crippen molar-refractivity contribution in [1.29, 1.82) is 0 Å². The molecule has 6 nitrogen and oxygen atoms in total. The van der Waals surface area contributed by atoms with E-state index in [1.54, 1.807) is 19.3 Å². The number of benzene rings is 3. The number of nitrogens with zero attached hydrogens (tertiary/aromatic N) is 3. The van der Waals surface area contributed by atoms with Gasteiger partial charge in [0.05, 0.1) is 16.7 Å². The van der Waals surface area contributed by atoms with E-state index in [-0.39, 0.29) is 5.56 Å². The highest BCUT2D eigenvalue weighted by atomic mass is 35.5. The molecular weight excluding hydrogens is 458 g/mol. The summed E-state index contributed by atoms with van der Waals surface area (Å²) in [6.07, 6.45) is 1.79. The normalized spacial score (nSPS) is 11.8. The zero-order chi connectivity index (χ0) is 22.8. The molecule has 0 aliphatic carbocycles. The van der Waals surface area contributed by atoms with E-state index in [0.717, 1.165) is 11.1 Å². The number of hydrogen-bond acceptors (Lipinski definition) is 6. The molecule has 0 spiro atoms. The van der Waals surface area contributed by atoms with Gasteiger partial charge in [0.2, 0.25) is 4.96 Å². The van der Waals surface area contributed by atoms with Crippen molar-refractivity contribution in [2.24, 2.45) is 0 Å². The van der Waals surface area contributed by atoms with Crippen LogP contribution in [0.4, 0.5) is 0 Å². The van der Waals surface area contributed by atoms with Gasteiger partial charge in [0.15, 0.2) is 17.3 Å². The average Bonchev–Trinajstić information content (AvgIpc) is 3.38. The second-order valence-corrected chi connectivity index (χ2v) is 8.63. The molecule has 0 bridgehead atoms. The first-order valence-electron chi connectivity index (χ1n) is 10.1. The molecule has 0 saturated heterocycles. The number of aromatic nitrogens is 3. The quantitative estimate of drug-likeness (QED) is 0.359. The smallest absolute Gasteiger partial charge is 0.291 e. The minimum atomic E-state index is -0.232. The van der Waals surface area contributed by atoms with Gasteiger partial charge in [-0.1, -0.05) is 71.5 Å². The highest BCUT2D eigenvalue weighted by Crippen LogP contribution is 2.29. The fourth-order valence-electron chi connectivity index (χ4n) is 3.37. The zero-order valence-corrected chi connectivity index (χ0v) is 19.1. The van der Waals surface area contributed by atoms with Crippen LogP contribution in [0.2, 0.25) is 5.02 Å². The van der Waals surface area contributed by atoms with Crippen molar-refractivity contribution in [1.82, 2.24) is 14.6 Å². The average molecular weight is 476 g/mol. The number of fused-ring (bicyclic) bond motifs is 1. The third kappa shape index (κ3) is 4.33. The van der Waals surface area contributed by atoms with Gasteiger partial charge in [0, 0.05) is 5.56 Å². The molecule has 2 aromatic heterocycles. The van der Waals surface area contributed by atoms with E-state index in [9.17, 15) is 4.79 Å². The number of methoxy groups -OCH3 is 1. The Bertz CT molecular complexity index is 1550. The van der Waals surface area contributed by atoms with E-state index in [4.69, 9.17) is 21.1 Å². The Hall–Kier alpha value is -3.68. The summed E-state index contributed by atoms with van der Waals surface area (Å²) in [7, 11) is 1.59. The van der Waals surface area contributed by atoms with Gasteiger partial charge in [-0.15, -0.1) is 5.10 Å². The Labute approximate surface area is 198 Å². The van der Waals surface area contributed by atoms with Crippen molar-refractivity contribution in [2.75, 3.05) is 7.11 Å². The second kappa shape index (κ2) is 9.05. The van der Waals surface area contributed by atoms with E-state index in [1.807, 2.05) is 66.7 Å². The minimum absolute atomic E-state index is 0.232. The Morgan fingerprint density at radius 1 is 1.03 bits per heavy atom. The summed E-state index contributed by atoms with van der Waals surface area (Å²) in [4.78, 5) is 17.9. The van der Waals surface area contributed by atoms with Gasteiger partial charge in [0.25, 0.3) is 5.56 Å². The molecule has 3 aromatic carbocycles. The van der Waals surface area contributed by atoms with E-state index in [1.165, 1.54) is 15.9 Å². The zero-order valence-electron chi connectivity index (χ0n) is 17.6. The summed E-state index contributed by atoms with van der Waals surface area (Å²) in [5.41, 5.74) is 2.34. The Morgan fingerprint density at radius 3 is 2.58 bits per heavy atom. The van der Waals surface area contributed by atoms with Crippen LogP contribution in [0.5, 0.6) is 11.5 Å². The molecule has 0 aliphatic heterocycles. The summed E-state index contributed by atoms with van der Waals surface area (Å²) in [5, 5.41) is 4.90. The van der Waals surface area contributed by atoms with Gasteiger partial charge in [-0.05, 0) is 41.5 Å². The molecule has 164 valence electrons. The lowest BCUT2D eigenvalue weighted by atomic mass is 10.2. The van der Waals surface area contributed by atoms with Crippen molar-refractivity contribution in [3.05, 3.63) is 104 Å². The topological polar surface area (TPSA) is 65.7 Å². The van der Waals surface area contributed by atoms with Gasteiger partial charge in [-0.3, -0.25) is 4.79 Å². The summed E-state index contributed by atoms with van der Waals surface area (Å²) < 4.78 is 13.2. The molecule has 0 amide bonds. The van der Waals surface area contributed by atoms with Crippen molar-refractivity contribution in [3.63, 3.8) is 0 Å². The van der Waals surface area contributed by atoms with E-state index >= 15 is 0 Å². The van der Waals surface area contributed by atoms with Gasteiger partial charge in [-0.2, -0.15) is 9.50 Å². The number of rotatable bonds is 6. The molecule has 0 fully saturated rings. The fourth-order valence-corrected chi connectivity index (χ4v) is 4.50. The first-order chi connectivity index (χ1) is 16.1. The van der Waals surface area contributed by atoms with E-state index in [0.29, 0.717) is 44.0 Å².